The smallest absolute Gasteiger partial charge is 0.306 e. The number of hydrogen-bond acceptors (Lipinski definition) is 5. The average molecular weight is 385 g/mol. The third-order valence-corrected chi connectivity index (χ3v) is 3.65. The van der Waals surface area contributed by atoms with Crippen LogP contribution >= 0.6 is 27.7 Å². The molecule has 0 atom stereocenters. The molecule has 0 heterocycles. The van der Waals surface area contributed by atoms with Gasteiger partial charge in [-0.25, -0.2) is 0 Å². The first-order chi connectivity index (χ1) is 10.2. The zero-order valence-corrected chi connectivity index (χ0v) is 15.0. The van der Waals surface area contributed by atoms with E-state index >= 15 is 0 Å². The second-order valence-electron chi connectivity index (χ2n) is 5.78. The highest BCUT2D eigenvalue weighted by molar-refractivity contribution is 9.10. The summed E-state index contributed by atoms with van der Waals surface area (Å²) in [5.41, 5.74) is 0.379. The largest absolute Gasteiger partial charge is 0.456 e. The van der Waals surface area contributed by atoms with Crippen LogP contribution in [0.3, 0.4) is 0 Å². The van der Waals surface area contributed by atoms with Gasteiger partial charge < -0.3 is 10.1 Å². The summed E-state index contributed by atoms with van der Waals surface area (Å²) >= 11 is 4.35. The van der Waals surface area contributed by atoms with Crippen molar-refractivity contribution in [2.45, 2.75) is 32.1 Å². The number of rotatable bonds is 5. The van der Waals surface area contributed by atoms with Crippen molar-refractivity contribution >= 4 is 45.3 Å². The van der Waals surface area contributed by atoms with Crippen LogP contribution in [-0.4, -0.2) is 18.5 Å². The second kappa shape index (κ2) is 8.20. The number of hydrogen-bond donors (Lipinski definition) is 1. The minimum absolute atomic E-state index is 0.176. The Labute approximate surface area is 142 Å². The molecule has 7 heteroatoms. The quantitative estimate of drug-likeness (QED) is 0.472. The van der Waals surface area contributed by atoms with Gasteiger partial charge in [-0.2, -0.15) is 5.26 Å². The van der Waals surface area contributed by atoms with Crippen LogP contribution in [0, 0.1) is 16.1 Å². The molecule has 1 aromatic carbocycles. The lowest BCUT2D eigenvalue weighted by molar-refractivity contribution is -0.149. The summed E-state index contributed by atoms with van der Waals surface area (Å²) in [6.45, 7) is 5.45. The van der Waals surface area contributed by atoms with E-state index in [0.717, 1.165) is 16.7 Å². The second-order valence-corrected chi connectivity index (χ2v) is 7.49. The number of esters is 1. The van der Waals surface area contributed by atoms with Crippen molar-refractivity contribution in [3.05, 3.63) is 22.7 Å². The first-order valence-corrected chi connectivity index (χ1v) is 8.13. The number of thioether (sulfide) groups is 1. The molecular formula is C15H17BrN2O3S. The van der Waals surface area contributed by atoms with Crippen LogP contribution in [0.4, 0.5) is 5.69 Å². The fraction of sp³-hybridized carbons (Fsp3) is 0.400. The molecule has 1 amide bonds. The predicted octanol–water partition coefficient (Wildman–Crippen LogP) is 3.94. The van der Waals surface area contributed by atoms with Crippen molar-refractivity contribution in [3.63, 3.8) is 0 Å². The summed E-state index contributed by atoms with van der Waals surface area (Å²) in [7, 11) is 0. The van der Waals surface area contributed by atoms with E-state index in [1.807, 2.05) is 26.2 Å². The van der Waals surface area contributed by atoms with Crippen LogP contribution in [0.2, 0.25) is 0 Å². The lowest BCUT2D eigenvalue weighted by Gasteiger charge is -2.16. The first-order valence-electron chi connectivity index (χ1n) is 6.52. The highest BCUT2D eigenvalue weighted by atomic mass is 79.9. The van der Waals surface area contributed by atoms with Crippen LogP contribution in [0.5, 0.6) is 0 Å². The number of carbonyl (C=O) groups excluding carboxylic acids is 2. The van der Waals surface area contributed by atoms with Gasteiger partial charge in [0.2, 0.25) is 0 Å². The Morgan fingerprint density at radius 1 is 1.41 bits per heavy atom. The highest BCUT2D eigenvalue weighted by Crippen LogP contribution is 2.28. The van der Waals surface area contributed by atoms with E-state index in [9.17, 15) is 9.59 Å². The summed E-state index contributed by atoms with van der Waals surface area (Å²) in [5.74, 6) is -0.814. The maximum Gasteiger partial charge on any atom is 0.306 e. The lowest BCUT2D eigenvalue weighted by Crippen LogP contribution is -2.23. The van der Waals surface area contributed by atoms with Gasteiger partial charge in [-0.1, -0.05) is 20.8 Å². The van der Waals surface area contributed by atoms with Gasteiger partial charge in [-0.05, 0) is 51.3 Å². The molecule has 22 heavy (non-hydrogen) atoms. The third kappa shape index (κ3) is 6.96. The Hall–Kier alpha value is -1.52. The van der Waals surface area contributed by atoms with Crippen LogP contribution in [0.25, 0.3) is 0 Å². The van der Waals surface area contributed by atoms with Gasteiger partial charge in [0.05, 0.1) is 12.1 Å². The molecule has 1 N–H and O–H groups in total. The monoisotopic (exact) mass is 384 g/mol. The van der Waals surface area contributed by atoms with Gasteiger partial charge in [0.1, 0.15) is 5.40 Å². The Bertz CT molecular complexity index is 606. The summed E-state index contributed by atoms with van der Waals surface area (Å²) in [5, 5.41) is 13.2. The fourth-order valence-electron chi connectivity index (χ4n) is 1.53. The van der Waals surface area contributed by atoms with Gasteiger partial charge in [0.25, 0.3) is 5.91 Å². The van der Waals surface area contributed by atoms with E-state index in [-0.39, 0.29) is 18.4 Å². The molecule has 0 fully saturated rings. The maximum absolute atomic E-state index is 11.8. The SMILES string of the molecule is CC(C)(C)CC(=O)OCC(=O)Nc1ccc(SC#N)cc1Br. The average Bonchev–Trinajstić information content (AvgIpc) is 2.38. The summed E-state index contributed by atoms with van der Waals surface area (Å²) in [6, 6.07) is 5.13. The minimum atomic E-state index is -0.413. The standard InChI is InChI=1S/C15H17BrN2O3S/c1-15(2,3)7-14(20)21-8-13(19)18-12-5-4-10(22-9-17)6-11(12)16/h4-6H,7-8H2,1-3H3,(H,18,19). The summed E-state index contributed by atoms with van der Waals surface area (Å²) in [4.78, 5) is 24.1. The molecule has 0 aliphatic carbocycles. The normalized spacial score (nSPS) is 10.7. The molecule has 0 radical (unpaired) electrons. The van der Waals surface area contributed by atoms with Gasteiger partial charge in [-0.3, -0.25) is 9.59 Å². The molecule has 0 aromatic heterocycles. The Morgan fingerprint density at radius 2 is 2.09 bits per heavy atom. The Kier molecular flexibility index (Phi) is 6.91. The number of amides is 1. The minimum Gasteiger partial charge on any atom is -0.456 e. The molecule has 0 unspecified atom stereocenters. The number of ether oxygens (including phenoxy) is 1. The van der Waals surface area contributed by atoms with Crippen molar-refractivity contribution in [2.75, 3.05) is 11.9 Å². The molecule has 0 bridgehead atoms. The molecule has 0 saturated carbocycles. The van der Waals surface area contributed by atoms with Crippen molar-refractivity contribution < 1.29 is 14.3 Å². The number of anilines is 1. The Morgan fingerprint density at radius 3 is 2.64 bits per heavy atom. The highest BCUT2D eigenvalue weighted by Gasteiger charge is 2.18. The predicted molar refractivity (Wildman–Crippen MR) is 89.3 cm³/mol. The number of nitriles is 1. The molecule has 1 rings (SSSR count). The van der Waals surface area contributed by atoms with Gasteiger partial charge in [-0.15, -0.1) is 0 Å². The number of thiocyanates is 1. The van der Waals surface area contributed by atoms with Crippen LogP contribution < -0.4 is 5.32 Å². The molecule has 0 saturated heterocycles. The molecule has 5 nitrogen and oxygen atoms in total. The third-order valence-electron chi connectivity index (χ3n) is 2.42. The van der Waals surface area contributed by atoms with Crippen LogP contribution in [0.1, 0.15) is 27.2 Å². The molecular weight excluding hydrogens is 368 g/mol. The van der Waals surface area contributed by atoms with E-state index in [4.69, 9.17) is 10.00 Å². The van der Waals surface area contributed by atoms with E-state index in [1.165, 1.54) is 0 Å². The topological polar surface area (TPSA) is 79.2 Å². The Balaban J connectivity index is 2.52. The zero-order valence-electron chi connectivity index (χ0n) is 12.6. The van der Waals surface area contributed by atoms with E-state index in [1.54, 1.807) is 18.2 Å². The van der Waals surface area contributed by atoms with Crippen molar-refractivity contribution in [1.29, 1.82) is 5.26 Å². The van der Waals surface area contributed by atoms with Crippen LogP contribution in [-0.2, 0) is 14.3 Å². The summed E-state index contributed by atoms with van der Waals surface area (Å²) < 4.78 is 5.60. The fourth-order valence-corrected chi connectivity index (χ4v) is 2.58. The number of carbonyl (C=O) groups is 2. The lowest BCUT2D eigenvalue weighted by atomic mass is 9.93. The van der Waals surface area contributed by atoms with Crippen LogP contribution in [0.15, 0.2) is 27.6 Å². The van der Waals surface area contributed by atoms with E-state index in [0.29, 0.717) is 10.2 Å². The van der Waals surface area contributed by atoms with Gasteiger partial charge in [0.15, 0.2) is 6.61 Å². The van der Waals surface area contributed by atoms with Crippen molar-refractivity contribution in [2.24, 2.45) is 5.41 Å². The van der Waals surface area contributed by atoms with Crippen molar-refractivity contribution in [3.8, 4) is 5.40 Å². The summed E-state index contributed by atoms with van der Waals surface area (Å²) in [6.07, 6.45) is 0.254. The molecule has 0 spiro atoms. The number of nitrogens with one attached hydrogen (secondary N) is 1. The zero-order chi connectivity index (χ0) is 16.8. The maximum atomic E-state index is 11.8. The van der Waals surface area contributed by atoms with E-state index in [2.05, 4.69) is 21.2 Å². The van der Waals surface area contributed by atoms with Crippen molar-refractivity contribution in [1.82, 2.24) is 0 Å². The molecule has 118 valence electrons. The number of nitrogens with zero attached hydrogens (tertiary/aromatic N) is 1. The van der Waals surface area contributed by atoms with Gasteiger partial charge in [0, 0.05) is 9.37 Å². The molecule has 1 aromatic rings. The number of benzene rings is 1. The van der Waals surface area contributed by atoms with Gasteiger partial charge >= 0.3 is 5.97 Å². The molecule has 0 aliphatic rings. The number of halogens is 1. The molecule has 0 aliphatic heterocycles. The van der Waals surface area contributed by atoms with E-state index < -0.39 is 11.9 Å². The first kappa shape index (κ1) is 18.5.